The lowest BCUT2D eigenvalue weighted by molar-refractivity contribution is 1.18. The molecule has 0 bridgehead atoms. The summed E-state index contributed by atoms with van der Waals surface area (Å²) in [5.74, 6) is 0. The second-order valence-corrected chi connectivity index (χ2v) is 14.6. The Labute approximate surface area is 304 Å². The number of hydrogen-bond donors (Lipinski definition) is 0. The first-order valence-electron chi connectivity index (χ1n) is 17.7. The minimum Gasteiger partial charge on any atom is -0.309 e. The molecule has 3 heteroatoms. The van der Waals surface area contributed by atoms with E-state index in [2.05, 4.69) is 187 Å². The van der Waals surface area contributed by atoms with Gasteiger partial charge in [-0.2, -0.15) is 0 Å². The number of pyridine rings is 1. The van der Waals surface area contributed by atoms with Crippen LogP contribution in [0.2, 0.25) is 0 Å². The number of rotatable bonds is 4. The average molecular weight is 679 g/mol. The fourth-order valence-corrected chi connectivity index (χ4v) is 9.26. The van der Waals surface area contributed by atoms with E-state index in [4.69, 9.17) is 4.98 Å². The summed E-state index contributed by atoms with van der Waals surface area (Å²) >= 11 is 1.87. The Hall–Kier alpha value is -6.55. The van der Waals surface area contributed by atoms with Gasteiger partial charge in [0.25, 0.3) is 0 Å². The number of hydrogen-bond acceptors (Lipinski definition) is 2. The zero-order valence-electron chi connectivity index (χ0n) is 28.1. The number of para-hydroxylation sites is 3. The third-order valence-electron chi connectivity index (χ3n) is 10.6. The van der Waals surface area contributed by atoms with Gasteiger partial charge in [-0.1, -0.05) is 133 Å². The molecule has 52 heavy (non-hydrogen) atoms. The van der Waals surface area contributed by atoms with Crippen molar-refractivity contribution >= 4 is 75.0 Å². The quantitative estimate of drug-likeness (QED) is 0.169. The van der Waals surface area contributed by atoms with Gasteiger partial charge in [-0.25, -0.2) is 4.98 Å². The van der Waals surface area contributed by atoms with Crippen molar-refractivity contribution in [1.29, 1.82) is 0 Å². The Kier molecular flexibility index (Phi) is 6.46. The Morgan fingerprint density at radius 2 is 0.962 bits per heavy atom. The first-order valence-corrected chi connectivity index (χ1v) is 18.5. The molecule has 0 unspecified atom stereocenters. The maximum atomic E-state index is 5.19. The molecule has 0 saturated heterocycles. The second-order valence-electron chi connectivity index (χ2n) is 13.5. The molecule has 242 valence electrons. The highest BCUT2D eigenvalue weighted by molar-refractivity contribution is 7.26. The van der Waals surface area contributed by atoms with E-state index in [0.29, 0.717) is 0 Å². The van der Waals surface area contributed by atoms with E-state index in [1.54, 1.807) is 0 Å². The van der Waals surface area contributed by atoms with Crippen LogP contribution >= 0.6 is 11.3 Å². The molecule has 0 N–H and O–H groups in total. The van der Waals surface area contributed by atoms with Crippen LogP contribution < -0.4 is 0 Å². The SMILES string of the molecule is c1ccc(-c2nc3ccccc3c3c2ccc2sc4ccc(-c5ccc(-c6ccc7c8ccccc8n(-c8ccccc8)c7c6)cc5)cc4c23)cc1. The summed E-state index contributed by atoms with van der Waals surface area (Å²) in [7, 11) is 0. The van der Waals surface area contributed by atoms with Gasteiger partial charge in [-0.15, -0.1) is 11.3 Å². The first-order chi connectivity index (χ1) is 25.8. The minimum absolute atomic E-state index is 1.02. The lowest BCUT2D eigenvalue weighted by Crippen LogP contribution is -1.93. The molecule has 11 rings (SSSR count). The van der Waals surface area contributed by atoms with E-state index < -0.39 is 0 Å². The fraction of sp³-hybridized carbons (Fsp3) is 0. The van der Waals surface area contributed by atoms with E-state index in [-0.39, 0.29) is 0 Å². The molecule has 0 aliphatic carbocycles. The van der Waals surface area contributed by atoms with Gasteiger partial charge in [0.15, 0.2) is 0 Å². The monoisotopic (exact) mass is 678 g/mol. The summed E-state index contributed by atoms with van der Waals surface area (Å²) in [5.41, 5.74) is 11.6. The van der Waals surface area contributed by atoms with Gasteiger partial charge in [0.2, 0.25) is 0 Å². The molecule has 0 amide bonds. The highest BCUT2D eigenvalue weighted by Gasteiger charge is 2.17. The average Bonchev–Trinajstić information content (AvgIpc) is 3.76. The van der Waals surface area contributed by atoms with Crippen molar-refractivity contribution in [3.8, 4) is 39.2 Å². The molecule has 2 nitrogen and oxygen atoms in total. The van der Waals surface area contributed by atoms with Crippen LogP contribution in [-0.4, -0.2) is 9.55 Å². The van der Waals surface area contributed by atoms with Gasteiger partial charge in [-0.3, -0.25) is 0 Å². The Balaban J connectivity index is 1.05. The van der Waals surface area contributed by atoms with Crippen molar-refractivity contribution in [1.82, 2.24) is 9.55 Å². The van der Waals surface area contributed by atoms with Crippen molar-refractivity contribution < 1.29 is 0 Å². The molecule has 3 aromatic heterocycles. The predicted octanol–water partition coefficient (Wildman–Crippen LogP) is 13.9. The summed E-state index contributed by atoms with van der Waals surface area (Å²) in [4.78, 5) is 5.19. The standard InChI is InChI=1S/C49H30N2S/c1-3-11-33(12-4-1)49-40-26-28-46-48(47(40)39-16-7-9-17-42(39)50-49)41-29-34(24-27-45(41)52-46)31-19-21-32(22-20-31)35-23-25-38-37-15-8-10-18-43(37)51(44(38)30-35)36-13-5-2-6-14-36/h1-30H. The van der Waals surface area contributed by atoms with Crippen LogP contribution in [0.25, 0.3) is 103 Å². The number of thiophene rings is 1. The van der Waals surface area contributed by atoms with E-state index in [1.165, 1.54) is 86.1 Å². The molecule has 0 radical (unpaired) electrons. The van der Waals surface area contributed by atoms with Crippen molar-refractivity contribution in [3.05, 3.63) is 182 Å². The van der Waals surface area contributed by atoms with Crippen LogP contribution in [0.15, 0.2) is 182 Å². The summed E-state index contributed by atoms with van der Waals surface area (Å²) in [6, 6.07) is 66.0. The smallest absolute Gasteiger partial charge is 0.0788 e. The van der Waals surface area contributed by atoms with Gasteiger partial charge in [0, 0.05) is 58.4 Å². The van der Waals surface area contributed by atoms with Crippen LogP contribution in [-0.2, 0) is 0 Å². The largest absolute Gasteiger partial charge is 0.309 e. The molecule has 0 aliphatic heterocycles. The van der Waals surface area contributed by atoms with Gasteiger partial charge < -0.3 is 4.57 Å². The molecule has 0 fully saturated rings. The first kappa shape index (κ1) is 29.2. The summed E-state index contributed by atoms with van der Waals surface area (Å²) < 4.78 is 4.98. The molecule has 11 aromatic rings. The minimum atomic E-state index is 1.02. The molecular weight excluding hydrogens is 649 g/mol. The number of nitrogens with zero attached hydrogens (tertiary/aromatic N) is 2. The van der Waals surface area contributed by atoms with Crippen LogP contribution in [0.3, 0.4) is 0 Å². The van der Waals surface area contributed by atoms with Gasteiger partial charge in [0.1, 0.15) is 0 Å². The Morgan fingerprint density at radius 1 is 0.365 bits per heavy atom. The molecule has 8 aromatic carbocycles. The highest BCUT2D eigenvalue weighted by Crippen LogP contribution is 2.44. The number of aromatic nitrogens is 2. The van der Waals surface area contributed by atoms with Crippen molar-refractivity contribution in [2.24, 2.45) is 0 Å². The van der Waals surface area contributed by atoms with E-state index in [9.17, 15) is 0 Å². The third-order valence-corrected chi connectivity index (χ3v) is 11.7. The number of benzene rings is 8. The van der Waals surface area contributed by atoms with Gasteiger partial charge in [0.05, 0.1) is 22.2 Å². The van der Waals surface area contributed by atoms with Crippen molar-refractivity contribution in [3.63, 3.8) is 0 Å². The van der Waals surface area contributed by atoms with E-state index >= 15 is 0 Å². The highest BCUT2D eigenvalue weighted by atomic mass is 32.1. The van der Waals surface area contributed by atoms with Crippen LogP contribution in [0, 0.1) is 0 Å². The van der Waals surface area contributed by atoms with Gasteiger partial charge >= 0.3 is 0 Å². The topological polar surface area (TPSA) is 17.8 Å². The zero-order chi connectivity index (χ0) is 34.2. The number of fused-ring (bicyclic) bond motifs is 10. The predicted molar refractivity (Wildman–Crippen MR) is 223 cm³/mol. The summed E-state index contributed by atoms with van der Waals surface area (Å²) in [6.45, 7) is 0. The van der Waals surface area contributed by atoms with Crippen LogP contribution in [0.4, 0.5) is 0 Å². The molecule has 0 aliphatic rings. The molecule has 0 saturated carbocycles. The Bertz CT molecular complexity index is 3150. The lowest BCUT2D eigenvalue weighted by atomic mass is 9.95. The zero-order valence-corrected chi connectivity index (χ0v) is 28.9. The van der Waals surface area contributed by atoms with Crippen molar-refractivity contribution in [2.45, 2.75) is 0 Å². The Morgan fingerprint density at radius 3 is 1.77 bits per heavy atom. The summed E-state index contributed by atoms with van der Waals surface area (Å²) in [5, 5.41) is 8.81. The van der Waals surface area contributed by atoms with Gasteiger partial charge in [-0.05, 0) is 70.8 Å². The maximum Gasteiger partial charge on any atom is 0.0788 e. The van der Waals surface area contributed by atoms with Crippen LogP contribution in [0.5, 0.6) is 0 Å². The van der Waals surface area contributed by atoms with Crippen LogP contribution in [0.1, 0.15) is 0 Å². The summed E-state index contributed by atoms with van der Waals surface area (Å²) in [6.07, 6.45) is 0. The molecule has 3 heterocycles. The second kappa shape index (κ2) is 11.5. The van der Waals surface area contributed by atoms with E-state index in [1.807, 2.05) is 11.3 Å². The molecule has 0 spiro atoms. The molecular formula is C49H30N2S. The van der Waals surface area contributed by atoms with Crippen molar-refractivity contribution in [2.75, 3.05) is 0 Å². The molecule has 0 atom stereocenters. The normalized spacial score (nSPS) is 11.8. The third kappa shape index (κ3) is 4.46. The van der Waals surface area contributed by atoms with E-state index in [0.717, 1.165) is 16.8 Å². The lowest BCUT2D eigenvalue weighted by Gasteiger charge is -2.12. The fourth-order valence-electron chi connectivity index (χ4n) is 8.17. The maximum absolute atomic E-state index is 5.19.